The van der Waals surface area contributed by atoms with Gasteiger partial charge in [0.2, 0.25) is 17.7 Å². The Morgan fingerprint density at radius 1 is 1.00 bits per heavy atom. The van der Waals surface area contributed by atoms with E-state index in [9.17, 15) is 18.8 Å². The molecule has 8 heteroatoms. The molecular weight excluding hydrogens is 375 g/mol. The van der Waals surface area contributed by atoms with Gasteiger partial charge >= 0.3 is 0 Å². The van der Waals surface area contributed by atoms with Gasteiger partial charge in [0, 0.05) is 30.3 Å². The van der Waals surface area contributed by atoms with Crippen LogP contribution < -0.4 is 15.5 Å². The highest BCUT2D eigenvalue weighted by atomic mass is 19.1. The van der Waals surface area contributed by atoms with Crippen LogP contribution >= 0.6 is 0 Å². The van der Waals surface area contributed by atoms with E-state index < -0.39 is 17.3 Å². The standard InChI is InChI=1S/C21H25FN4O3/c1-21(2,3)25-19(28)14-26(16-9-7-15(22)8-10-16)20(29)12-11-18(27)24-17-6-4-5-13-23-17/h4-10,13H,11-12,14H2,1-3H3,(H,25,28)(H,23,24,27). The minimum atomic E-state index is -0.461. The van der Waals surface area contributed by atoms with E-state index in [1.165, 1.54) is 29.2 Å². The third kappa shape index (κ3) is 7.69. The highest BCUT2D eigenvalue weighted by Crippen LogP contribution is 2.17. The lowest BCUT2D eigenvalue weighted by molar-refractivity contribution is -0.125. The fourth-order valence-electron chi connectivity index (χ4n) is 2.54. The summed E-state index contributed by atoms with van der Waals surface area (Å²) in [6.07, 6.45) is 1.36. The first-order chi connectivity index (χ1) is 13.6. The number of pyridine rings is 1. The summed E-state index contributed by atoms with van der Waals surface area (Å²) in [4.78, 5) is 42.4. The highest BCUT2D eigenvalue weighted by Gasteiger charge is 2.22. The fraction of sp³-hybridized carbons (Fsp3) is 0.333. The first-order valence-electron chi connectivity index (χ1n) is 9.22. The lowest BCUT2D eigenvalue weighted by Crippen LogP contribution is -2.47. The highest BCUT2D eigenvalue weighted by molar-refractivity contribution is 6.01. The van der Waals surface area contributed by atoms with E-state index in [0.29, 0.717) is 11.5 Å². The second-order valence-electron chi connectivity index (χ2n) is 7.52. The quantitative estimate of drug-likeness (QED) is 0.748. The number of carbonyl (C=O) groups is 3. The van der Waals surface area contributed by atoms with Crippen LogP contribution in [0.25, 0.3) is 0 Å². The number of rotatable bonds is 7. The van der Waals surface area contributed by atoms with Crippen LogP contribution in [0.2, 0.25) is 0 Å². The van der Waals surface area contributed by atoms with Crippen molar-refractivity contribution < 1.29 is 18.8 Å². The number of anilines is 2. The molecule has 0 fully saturated rings. The van der Waals surface area contributed by atoms with Crippen LogP contribution in [-0.2, 0) is 14.4 Å². The number of hydrogen-bond donors (Lipinski definition) is 2. The van der Waals surface area contributed by atoms with Crippen LogP contribution in [0.15, 0.2) is 48.7 Å². The molecule has 0 spiro atoms. The van der Waals surface area contributed by atoms with Crippen molar-refractivity contribution in [3.8, 4) is 0 Å². The van der Waals surface area contributed by atoms with E-state index in [2.05, 4.69) is 15.6 Å². The van der Waals surface area contributed by atoms with Crippen molar-refractivity contribution in [2.24, 2.45) is 0 Å². The molecule has 0 aliphatic heterocycles. The predicted molar refractivity (Wildman–Crippen MR) is 109 cm³/mol. The summed E-state index contributed by atoms with van der Waals surface area (Å²) in [5, 5.41) is 5.39. The van der Waals surface area contributed by atoms with Crippen molar-refractivity contribution in [2.45, 2.75) is 39.2 Å². The SMILES string of the molecule is CC(C)(C)NC(=O)CN(C(=O)CCC(=O)Nc1ccccn1)c1ccc(F)cc1. The zero-order valence-electron chi connectivity index (χ0n) is 16.7. The summed E-state index contributed by atoms with van der Waals surface area (Å²) in [5.74, 6) is -1.19. The first-order valence-corrected chi connectivity index (χ1v) is 9.22. The molecule has 3 amide bonds. The summed E-state index contributed by atoms with van der Waals surface area (Å²) in [7, 11) is 0. The van der Waals surface area contributed by atoms with Gasteiger partial charge < -0.3 is 15.5 Å². The van der Waals surface area contributed by atoms with Crippen molar-refractivity contribution in [2.75, 3.05) is 16.8 Å². The number of benzene rings is 1. The number of aromatic nitrogens is 1. The van der Waals surface area contributed by atoms with Crippen LogP contribution in [0, 0.1) is 5.82 Å². The Morgan fingerprint density at radius 2 is 1.69 bits per heavy atom. The largest absolute Gasteiger partial charge is 0.350 e. The molecule has 0 bridgehead atoms. The third-order valence-electron chi connectivity index (χ3n) is 3.75. The normalized spacial score (nSPS) is 10.9. The molecule has 0 atom stereocenters. The molecule has 2 N–H and O–H groups in total. The third-order valence-corrected chi connectivity index (χ3v) is 3.75. The minimum Gasteiger partial charge on any atom is -0.350 e. The first kappa shape index (κ1) is 22.0. The number of hydrogen-bond acceptors (Lipinski definition) is 4. The number of nitrogens with one attached hydrogen (secondary N) is 2. The average Bonchev–Trinajstić information content (AvgIpc) is 2.64. The molecule has 0 unspecified atom stereocenters. The lowest BCUT2D eigenvalue weighted by Gasteiger charge is -2.26. The molecule has 1 aromatic carbocycles. The second-order valence-corrected chi connectivity index (χ2v) is 7.52. The molecule has 29 heavy (non-hydrogen) atoms. The molecule has 154 valence electrons. The smallest absolute Gasteiger partial charge is 0.240 e. The maximum Gasteiger partial charge on any atom is 0.240 e. The van der Waals surface area contributed by atoms with Crippen molar-refractivity contribution in [1.82, 2.24) is 10.3 Å². The van der Waals surface area contributed by atoms with E-state index in [0.717, 1.165) is 0 Å². The topological polar surface area (TPSA) is 91.4 Å². The number of carbonyl (C=O) groups excluding carboxylic acids is 3. The van der Waals surface area contributed by atoms with Crippen LogP contribution in [0.4, 0.5) is 15.9 Å². The zero-order valence-corrected chi connectivity index (χ0v) is 16.7. The molecule has 2 aromatic rings. The average molecular weight is 400 g/mol. The number of amides is 3. The molecule has 0 saturated heterocycles. The predicted octanol–water partition coefficient (Wildman–Crippen LogP) is 2.89. The van der Waals surface area contributed by atoms with Crippen LogP contribution in [0.5, 0.6) is 0 Å². The van der Waals surface area contributed by atoms with Crippen molar-refractivity contribution in [3.05, 3.63) is 54.5 Å². The van der Waals surface area contributed by atoms with Crippen molar-refractivity contribution >= 4 is 29.2 Å². The van der Waals surface area contributed by atoms with Gasteiger partial charge in [0.1, 0.15) is 18.2 Å². The maximum absolute atomic E-state index is 13.3. The molecule has 1 heterocycles. The van der Waals surface area contributed by atoms with Crippen LogP contribution in [0.1, 0.15) is 33.6 Å². The Hall–Kier alpha value is -3.29. The molecule has 0 radical (unpaired) electrons. The van der Waals surface area contributed by atoms with Gasteiger partial charge in [-0.3, -0.25) is 14.4 Å². The van der Waals surface area contributed by atoms with Crippen LogP contribution in [-0.4, -0.2) is 34.8 Å². The number of halogens is 1. The van der Waals surface area contributed by atoms with E-state index >= 15 is 0 Å². The Kier molecular flexibility index (Phi) is 7.41. The van der Waals surface area contributed by atoms with Gasteiger partial charge in [-0.05, 0) is 57.2 Å². The Morgan fingerprint density at radius 3 is 2.28 bits per heavy atom. The summed E-state index contributed by atoms with van der Waals surface area (Å²) < 4.78 is 13.3. The summed E-state index contributed by atoms with van der Waals surface area (Å²) in [6.45, 7) is 5.26. The van der Waals surface area contributed by atoms with E-state index in [-0.39, 0.29) is 31.2 Å². The lowest BCUT2D eigenvalue weighted by atomic mass is 10.1. The van der Waals surface area contributed by atoms with E-state index in [1.807, 2.05) is 20.8 Å². The Balaban J connectivity index is 2.04. The molecule has 7 nitrogen and oxygen atoms in total. The Bertz CT molecular complexity index is 848. The Labute approximate surface area is 169 Å². The van der Waals surface area contributed by atoms with Gasteiger partial charge in [0.05, 0.1) is 0 Å². The van der Waals surface area contributed by atoms with Gasteiger partial charge in [0.25, 0.3) is 0 Å². The molecule has 0 aliphatic carbocycles. The van der Waals surface area contributed by atoms with E-state index in [4.69, 9.17) is 0 Å². The summed E-state index contributed by atoms with van der Waals surface area (Å²) >= 11 is 0. The van der Waals surface area contributed by atoms with Crippen molar-refractivity contribution in [1.29, 1.82) is 0 Å². The van der Waals surface area contributed by atoms with Gasteiger partial charge in [-0.1, -0.05) is 6.07 Å². The van der Waals surface area contributed by atoms with Crippen molar-refractivity contribution in [3.63, 3.8) is 0 Å². The summed E-state index contributed by atoms with van der Waals surface area (Å²) in [5.41, 5.74) is -0.0810. The number of nitrogens with zero attached hydrogens (tertiary/aromatic N) is 2. The second kappa shape index (κ2) is 9.77. The minimum absolute atomic E-state index is 0.0754. The van der Waals surface area contributed by atoms with Gasteiger partial charge in [-0.2, -0.15) is 0 Å². The fourth-order valence-corrected chi connectivity index (χ4v) is 2.54. The molecular formula is C21H25FN4O3. The summed E-state index contributed by atoms with van der Waals surface area (Å²) in [6, 6.07) is 10.4. The molecule has 0 saturated carbocycles. The molecule has 0 aliphatic rings. The van der Waals surface area contributed by atoms with Gasteiger partial charge in [-0.15, -0.1) is 0 Å². The zero-order chi connectivity index (χ0) is 21.4. The monoisotopic (exact) mass is 400 g/mol. The van der Waals surface area contributed by atoms with E-state index in [1.54, 1.807) is 24.4 Å². The molecule has 2 rings (SSSR count). The maximum atomic E-state index is 13.3. The molecule has 1 aromatic heterocycles. The van der Waals surface area contributed by atoms with Gasteiger partial charge in [-0.25, -0.2) is 9.37 Å². The van der Waals surface area contributed by atoms with Crippen LogP contribution in [0.3, 0.4) is 0 Å². The van der Waals surface area contributed by atoms with Gasteiger partial charge in [0.15, 0.2) is 0 Å².